The molecular formula is C24H28N4O4. The van der Waals surface area contributed by atoms with E-state index in [2.05, 4.69) is 15.0 Å². The van der Waals surface area contributed by atoms with Gasteiger partial charge in [0, 0.05) is 31.7 Å². The fourth-order valence-electron chi connectivity index (χ4n) is 3.79. The molecule has 32 heavy (non-hydrogen) atoms. The fourth-order valence-corrected chi connectivity index (χ4v) is 3.79. The number of nitrogens with zero attached hydrogens (tertiary/aromatic N) is 4. The molecule has 0 unspecified atom stereocenters. The standard InChI is InChI=1S/C24H28N4O4/c1-3-31-21-8-5-4-7-20(21)24(29)28-14-6-13-27(15-16-28)17-22-25-23(26-32-22)18-9-11-19(30-2)12-10-18/h4-5,7-12H,3,6,13-17H2,1-2H3. The summed E-state index contributed by atoms with van der Waals surface area (Å²) in [5.74, 6) is 2.55. The minimum Gasteiger partial charge on any atom is -0.497 e. The molecule has 0 N–H and O–H groups in total. The zero-order valence-electron chi connectivity index (χ0n) is 18.5. The van der Waals surface area contributed by atoms with E-state index in [0.29, 0.717) is 49.3 Å². The van der Waals surface area contributed by atoms with Crippen LogP contribution in [-0.4, -0.2) is 65.7 Å². The van der Waals surface area contributed by atoms with Gasteiger partial charge in [-0.1, -0.05) is 17.3 Å². The number of carbonyl (C=O) groups is 1. The van der Waals surface area contributed by atoms with Crippen molar-refractivity contribution in [2.75, 3.05) is 39.9 Å². The van der Waals surface area contributed by atoms with Crippen LogP contribution >= 0.6 is 0 Å². The molecule has 0 saturated carbocycles. The summed E-state index contributed by atoms with van der Waals surface area (Å²) in [7, 11) is 1.63. The number of methoxy groups -OCH3 is 1. The summed E-state index contributed by atoms with van der Waals surface area (Å²) in [6.45, 7) is 5.94. The van der Waals surface area contributed by atoms with Crippen molar-refractivity contribution in [3.05, 3.63) is 60.0 Å². The molecule has 2 heterocycles. The van der Waals surface area contributed by atoms with Gasteiger partial charge in [-0.2, -0.15) is 4.98 Å². The molecule has 8 nitrogen and oxygen atoms in total. The summed E-state index contributed by atoms with van der Waals surface area (Å²) in [5, 5.41) is 4.11. The third-order valence-corrected chi connectivity index (χ3v) is 5.47. The van der Waals surface area contributed by atoms with Gasteiger partial charge in [-0.15, -0.1) is 0 Å². The Morgan fingerprint density at radius 1 is 1.06 bits per heavy atom. The summed E-state index contributed by atoms with van der Waals surface area (Å²) in [4.78, 5) is 21.8. The fraction of sp³-hybridized carbons (Fsp3) is 0.375. The van der Waals surface area contributed by atoms with Crippen LogP contribution in [0.1, 0.15) is 29.6 Å². The van der Waals surface area contributed by atoms with Crippen LogP contribution in [0.3, 0.4) is 0 Å². The molecule has 4 rings (SSSR count). The topological polar surface area (TPSA) is 80.9 Å². The highest BCUT2D eigenvalue weighted by Gasteiger charge is 2.23. The molecule has 3 aromatic rings. The number of benzene rings is 2. The van der Waals surface area contributed by atoms with Crippen molar-refractivity contribution >= 4 is 5.91 Å². The molecule has 1 saturated heterocycles. The van der Waals surface area contributed by atoms with Crippen molar-refractivity contribution in [2.24, 2.45) is 0 Å². The normalized spacial score (nSPS) is 14.8. The van der Waals surface area contributed by atoms with Gasteiger partial charge < -0.3 is 18.9 Å². The van der Waals surface area contributed by atoms with Gasteiger partial charge in [-0.05, 0) is 49.7 Å². The van der Waals surface area contributed by atoms with E-state index in [1.807, 2.05) is 60.4 Å². The van der Waals surface area contributed by atoms with E-state index < -0.39 is 0 Å². The lowest BCUT2D eigenvalue weighted by atomic mass is 10.1. The van der Waals surface area contributed by atoms with Gasteiger partial charge in [-0.25, -0.2) is 0 Å². The van der Waals surface area contributed by atoms with E-state index in [1.54, 1.807) is 7.11 Å². The molecule has 0 atom stereocenters. The second-order valence-corrected chi connectivity index (χ2v) is 7.59. The van der Waals surface area contributed by atoms with Gasteiger partial charge in [0.2, 0.25) is 11.7 Å². The minimum atomic E-state index is 0.00971. The smallest absolute Gasteiger partial charge is 0.257 e. The molecule has 0 bridgehead atoms. The highest BCUT2D eigenvalue weighted by molar-refractivity contribution is 5.97. The van der Waals surface area contributed by atoms with Gasteiger partial charge in [-0.3, -0.25) is 9.69 Å². The van der Waals surface area contributed by atoms with E-state index >= 15 is 0 Å². The average Bonchev–Trinajstić information content (AvgIpc) is 3.17. The molecular weight excluding hydrogens is 408 g/mol. The summed E-state index contributed by atoms with van der Waals surface area (Å²) in [5.41, 5.74) is 1.49. The van der Waals surface area contributed by atoms with Gasteiger partial charge in [0.1, 0.15) is 11.5 Å². The Bertz CT molecular complexity index is 1030. The molecule has 8 heteroatoms. The zero-order valence-corrected chi connectivity index (χ0v) is 18.5. The van der Waals surface area contributed by atoms with Crippen molar-refractivity contribution in [1.82, 2.24) is 19.9 Å². The lowest BCUT2D eigenvalue weighted by Crippen LogP contribution is -2.35. The highest BCUT2D eigenvalue weighted by atomic mass is 16.5. The number of hydrogen-bond donors (Lipinski definition) is 0. The SMILES string of the molecule is CCOc1ccccc1C(=O)N1CCCN(Cc2nc(-c3ccc(OC)cc3)no2)CC1. The van der Waals surface area contributed by atoms with Crippen LogP contribution in [0.5, 0.6) is 11.5 Å². The number of hydrogen-bond acceptors (Lipinski definition) is 7. The lowest BCUT2D eigenvalue weighted by Gasteiger charge is -2.22. The van der Waals surface area contributed by atoms with Crippen LogP contribution in [0.2, 0.25) is 0 Å². The van der Waals surface area contributed by atoms with E-state index in [1.165, 1.54) is 0 Å². The minimum absolute atomic E-state index is 0.00971. The maximum Gasteiger partial charge on any atom is 0.257 e. The Hall–Kier alpha value is -3.39. The van der Waals surface area contributed by atoms with E-state index in [-0.39, 0.29) is 5.91 Å². The van der Waals surface area contributed by atoms with Crippen molar-refractivity contribution in [2.45, 2.75) is 19.9 Å². The molecule has 1 aliphatic heterocycles. The lowest BCUT2D eigenvalue weighted by molar-refractivity contribution is 0.0756. The molecule has 1 aliphatic rings. The summed E-state index contributed by atoms with van der Waals surface area (Å²) >= 11 is 0. The Kier molecular flexibility index (Phi) is 7.01. The number of rotatable bonds is 7. The van der Waals surface area contributed by atoms with Crippen molar-refractivity contribution in [1.29, 1.82) is 0 Å². The molecule has 168 valence electrons. The summed E-state index contributed by atoms with van der Waals surface area (Å²) < 4.78 is 16.3. The monoisotopic (exact) mass is 436 g/mol. The summed E-state index contributed by atoms with van der Waals surface area (Å²) in [6.07, 6.45) is 0.877. The number of amides is 1. The van der Waals surface area contributed by atoms with E-state index in [0.717, 1.165) is 30.8 Å². The first-order valence-electron chi connectivity index (χ1n) is 10.9. The average molecular weight is 437 g/mol. The second kappa shape index (κ2) is 10.3. The van der Waals surface area contributed by atoms with Crippen LogP contribution in [0.4, 0.5) is 0 Å². The number of carbonyl (C=O) groups excluding carboxylic acids is 1. The molecule has 1 fully saturated rings. The first-order chi connectivity index (χ1) is 15.7. The van der Waals surface area contributed by atoms with Crippen LogP contribution in [0.25, 0.3) is 11.4 Å². The quantitative estimate of drug-likeness (QED) is 0.561. The van der Waals surface area contributed by atoms with Gasteiger partial charge in [0.25, 0.3) is 5.91 Å². The third-order valence-electron chi connectivity index (χ3n) is 5.47. The van der Waals surface area contributed by atoms with E-state index in [4.69, 9.17) is 14.0 Å². The summed E-state index contributed by atoms with van der Waals surface area (Å²) in [6, 6.07) is 15.0. The van der Waals surface area contributed by atoms with Gasteiger partial charge >= 0.3 is 0 Å². The predicted octanol–water partition coefficient (Wildman–Crippen LogP) is 3.49. The van der Waals surface area contributed by atoms with Crippen LogP contribution in [0, 0.1) is 0 Å². The van der Waals surface area contributed by atoms with Crippen LogP contribution < -0.4 is 9.47 Å². The van der Waals surface area contributed by atoms with Crippen LogP contribution in [-0.2, 0) is 6.54 Å². The van der Waals surface area contributed by atoms with Crippen LogP contribution in [0.15, 0.2) is 53.1 Å². The predicted molar refractivity (Wildman–Crippen MR) is 120 cm³/mol. The first-order valence-corrected chi connectivity index (χ1v) is 10.9. The largest absolute Gasteiger partial charge is 0.497 e. The van der Waals surface area contributed by atoms with Gasteiger partial charge in [0.15, 0.2) is 0 Å². The number of para-hydroxylation sites is 1. The second-order valence-electron chi connectivity index (χ2n) is 7.59. The third kappa shape index (κ3) is 5.08. The number of ether oxygens (including phenoxy) is 2. The Morgan fingerprint density at radius 3 is 2.66 bits per heavy atom. The zero-order chi connectivity index (χ0) is 22.3. The highest BCUT2D eigenvalue weighted by Crippen LogP contribution is 2.22. The van der Waals surface area contributed by atoms with Crippen molar-refractivity contribution in [3.63, 3.8) is 0 Å². The maximum atomic E-state index is 13.1. The van der Waals surface area contributed by atoms with Crippen molar-refractivity contribution in [3.8, 4) is 22.9 Å². The van der Waals surface area contributed by atoms with E-state index in [9.17, 15) is 4.79 Å². The number of aromatic nitrogens is 2. The Morgan fingerprint density at radius 2 is 1.88 bits per heavy atom. The first kappa shape index (κ1) is 21.8. The molecule has 0 aliphatic carbocycles. The Labute approximate surface area is 187 Å². The Balaban J connectivity index is 1.37. The van der Waals surface area contributed by atoms with Gasteiger partial charge in [0.05, 0.1) is 25.8 Å². The van der Waals surface area contributed by atoms with Crippen molar-refractivity contribution < 1.29 is 18.8 Å². The molecule has 2 aromatic carbocycles. The molecule has 0 radical (unpaired) electrons. The molecule has 1 aromatic heterocycles. The maximum absolute atomic E-state index is 13.1. The molecule has 1 amide bonds. The molecule has 0 spiro atoms.